The summed E-state index contributed by atoms with van der Waals surface area (Å²) in [6.07, 6.45) is 0.375. The molecule has 5 heteroatoms. The van der Waals surface area contributed by atoms with Crippen LogP contribution in [0.3, 0.4) is 0 Å². The van der Waals surface area contributed by atoms with Gasteiger partial charge in [-0.3, -0.25) is 14.5 Å². The maximum Gasteiger partial charge on any atom is 0.320 e. The fourth-order valence-electron chi connectivity index (χ4n) is 1.99. The highest BCUT2D eigenvalue weighted by molar-refractivity contribution is 5.76. The van der Waals surface area contributed by atoms with Crippen LogP contribution >= 0.6 is 0 Å². The Labute approximate surface area is 126 Å². The van der Waals surface area contributed by atoms with Gasteiger partial charge in [-0.1, -0.05) is 30.3 Å². The highest BCUT2D eigenvalue weighted by Gasteiger charge is 2.13. The number of rotatable bonds is 9. The number of amides is 1. The van der Waals surface area contributed by atoms with Crippen LogP contribution in [0.1, 0.15) is 25.8 Å². The molecule has 0 heterocycles. The average Bonchev–Trinajstić information content (AvgIpc) is 2.46. The molecule has 0 aliphatic heterocycles. The molecule has 0 saturated heterocycles. The molecule has 0 fully saturated rings. The molecule has 0 radical (unpaired) electrons. The number of nitrogens with zero attached hydrogens (tertiary/aromatic N) is 1. The average molecular weight is 292 g/mol. The smallest absolute Gasteiger partial charge is 0.320 e. The maximum absolute atomic E-state index is 11.6. The molecule has 21 heavy (non-hydrogen) atoms. The molecule has 0 spiro atoms. The second kappa shape index (κ2) is 9.94. The van der Waals surface area contributed by atoms with E-state index in [4.69, 9.17) is 4.74 Å². The molecule has 1 aromatic rings. The first kappa shape index (κ1) is 17.2. The lowest BCUT2D eigenvalue weighted by Crippen LogP contribution is -2.34. The monoisotopic (exact) mass is 292 g/mol. The molecule has 1 aromatic carbocycles. The van der Waals surface area contributed by atoms with Crippen molar-refractivity contribution in [2.45, 2.75) is 26.8 Å². The lowest BCUT2D eigenvalue weighted by atomic mass is 10.2. The molecule has 116 valence electrons. The van der Waals surface area contributed by atoms with Crippen LogP contribution < -0.4 is 5.32 Å². The Morgan fingerprint density at radius 2 is 1.90 bits per heavy atom. The van der Waals surface area contributed by atoms with Crippen molar-refractivity contribution in [3.05, 3.63) is 35.9 Å². The zero-order chi connectivity index (χ0) is 15.5. The van der Waals surface area contributed by atoms with Gasteiger partial charge in [0.05, 0.1) is 13.2 Å². The highest BCUT2D eigenvalue weighted by atomic mass is 16.5. The Bertz CT molecular complexity index is 434. The van der Waals surface area contributed by atoms with Crippen LogP contribution in [0.5, 0.6) is 0 Å². The van der Waals surface area contributed by atoms with Crippen molar-refractivity contribution in [2.24, 2.45) is 0 Å². The number of hydrogen-bond acceptors (Lipinski definition) is 4. The van der Waals surface area contributed by atoms with Crippen molar-refractivity contribution < 1.29 is 14.3 Å². The number of nitrogens with one attached hydrogen (secondary N) is 1. The van der Waals surface area contributed by atoms with Gasteiger partial charge in [-0.25, -0.2) is 0 Å². The minimum absolute atomic E-state index is 0.000537. The molecule has 0 aliphatic rings. The van der Waals surface area contributed by atoms with Crippen LogP contribution in [0.4, 0.5) is 0 Å². The molecule has 0 aromatic heterocycles. The number of esters is 1. The molecule has 1 rings (SSSR count). The summed E-state index contributed by atoms with van der Waals surface area (Å²) in [5, 5.41) is 2.76. The van der Waals surface area contributed by atoms with E-state index in [2.05, 4.69) is 5.32 Å². The van der Waals surface area contributed by atoms with Crippen molar-refractivity contribution in [3.63, 3.8) is 0 Å². The molecule has 0 aliphatic carbocycles. The minimum atomic E-state index is -0.260. The lowest BCUT2D eigenvalue weighted by Gasteiger charge is -2.21. The van der Waals surface area contributed by atoms with Crippen LogP contribution in [-0.2, 0) is 20.9 Å². The number of benzene rings is 1. The van der Waals surface area contributed by atoms with Crippen molar-refractivity contribution in [1.82, 2.24) is 10.2 Å². The zero-order valence-electron chi connectivity index (χ0n) is 12.8. The predicted molar refractivity (Wildman–Crippen MR) is 81.7 cm³/mol. The summed E-state index contributed by atoms with van der Waals surface area (Å²) in [6.45, 7) is 6.01. The van der Waals surface area contributed by atoms with Gasteiger partial charge in [-0.05, 0) is 19.4 Å². The van der Waals surface area contributed by atoms with E-state index in [1.807, 2.05) is 42.2 Å². The highest BCUT2D eigenvalue weighted by Crippen LogP contribution is 2.05. The fourth-order valence-corrected chi connectivity index (χ4v) is 1.99. The van der Waals surface area contributed by atoms with Gasteiger partial charge in [0.1, 0.15) is 0 Å². The topological polar surface area (TPSA) is 58.6 Å². The summed E-state index contributed by atoms with van der Waals surface area (Å²) in [5.41, 5.74) is 1.11. The molecular weight excluding hydrogens is 268 g/mol. The summed E-state index contributed by atoms with van der Waals surface area (Å²) in [4.78, 5) is 25.1. The first-order chi connectivity index (χ1) is 10.2. The van der Waals surface area contributed by atoms with Gasteiger partial charge in [-0.2, -0.15) is 0 Å². The Morgan fingerprint density at radius 3 is 2.52 bits per heavy atom. The van der Waals surface area contributed by atoms with E-state index < -0.39 is 0 Å². The summed E-state index contributed by atoms with van der Waals surface area (Å²) < 4.78 is 4.98. The lowest BCUT2D eigenvalue weighted by molar-refractivity contribution is -0.144. The van der Waals surface area contributed by atoms with Crippen molar-refractivity contribution in [3.8, 4) is 0 Å². The first-order valence-corrected chi connectivity index (χ1v) is 7.34. The zero-order valence-corrected chi connectivity index (χ0v) is 12.8. The van der Waals surface area contributed by atoms with Gasteiger partial charge in [0.15, 0.2) is 0 Å². The first-order valence-electron chi connectivity index (χ1n) is 7.34. The van der Waals surface area contributed by atoms with Crippen LogP contribution in [0.25, 0.3) is 0 Å². The number of carbonyl (C=O) groups is 2. The van der Waals surface area contributed by atoms with Crippen molar-refractivity contribution >= 4 is 11.9 Å². The van der Waals surface area contributed by atoms with E-state index in [0.29, 0.717) is 32.7 Å². The van der Waals surface area contributed by atoms with Crippen molar-refractivity contribution in [1.29, 1.82) is 0 Å². The second-order valence-corrected chi connectivity index (χ2v) is 4.70. The summed E-state index contributed by atoms with van der Waals surface area (Å²) in [7, 11) is 0. The third-order valence-corrected chi connectivity index (χ3v) is 2.94. The van der Waals surface area contributed by atoms with E-state index in [1.165, 1.54) is 0 Å². The van der Waals surface area contributed by atoms with Crippen LogP contribution in [0.2, 0.25) is 0 Å². The standard InChI is InChI=1S/C16H24N2O3/c1-3-17-15(19)10-11-18(13-16(20)21-4-2)12-14-8-6-5-7-9-14/h5-9H,3-4,10-13H2,1-2H3,(H,17,19). The van der Waals surface area contributed by atoms with E-state index >= 15 is 0 Å². The van der Waals surface area contributed by atoms with Gasteiger partial charge in [0.2, 0.25) is 5.91 Å². The van der Waals surface area contributed by atoms with E-state index in [9.17, 15) is 9.59 Å². The third-order valence-electron chi connectivity index (χ3n) is 2.94. The SMILES string of the molecule is CCNC(=O)CCN(CC(=O)OCC)Cc1ccccc1. The van der Waals surface area contributed by atoms with Gasteiger partial charge >= 0.3 is 5.97 Å². The van der Waals surface area contributed by atoms with Crippen LogP contribution in [0.15, 0.2) is 30.3 Å². The molecule has 5 nitrogen and oxygen atoms in total. The summed E-state index contributed by atoms with van der Waals surface area (Å²) in [5.74, 6) is -0.260. The minimum Gasteiger partial charge on any atom is -0.465 e. The largest absolute Gasteiger partial charge is 0.465 e. The van der Waals surface area contributed by atoms with Crippen molar-refractivity contribution in [2.75, 3.05) is 26.2 Å². The molecular formula is C16H24N2O3. The maximum atomic E-state index is 11.6. The third kappa shape index (κ3) is 7.46. The number of hydrogen-bond donors (Lipinski definition) is 1. The number of carbonyl (C=O) groups excluding carboxylic acids is 2. The summed E-state index contributed by atoms with van der Waals surface area (Å²) in [6, 6.07) is 9.88. The summed E-state index contributed by atoms with van der Waals surface area (Å²) >= 11 is 0. The molecule has 0 unspecified atom stereocenters. The molecule has 1 N–H and O–H groups in total. The number of ether oxygens (including phenoxy) is 1. The quantitative estimate of drug-likeness (QED) is 0.702. The molecule has 0 atom stereocenters. The molecule has 1 amide bonds. The Kier molecular flexibility index (Phi) is 8.12. The van der Waals surface area contributed by atoms with Crippen LogP contribution in [0, 0.1) is 0 Å². The van der Waals surface area contributed by atoms with E-state index in [-0.39, 0.29) is 18.4 Å². The van der Waals surface area contributed by atoms with Gasteiger partial charge in [0, 0.05) is 26.1 Å². The Hall–Kier alpha value is -1.88. The van der Waals surface area contributed by atoms with E-state index in [0.717, 1.165) is 5.56 Å². The molecule has 0 saturated carbocycles. The molecule has 0 bridgehead atoms. The predicted octanol–water partition coefficient (Wildman–Crippen LogP) is 1.58. The second-order valence-electron chi connectivity index (χ2n) is 4.70. The Balaban J connectivity index is 2.56. The van der Waals surface area contributed by atoms with Gasteiger partial charge in [0.25, 0.3) is 0 Å². The van der Waals surface area contributed by atoms with E-state index in [1.54, 1.807) is 6.92 Å². The van der Waals surface area contributed by atoms with Crippen LogP contribution in [-0.4, -0.2) is 43.0 Å². The van der Waals surface area contributed by atoms with Gasteiger partial charge < -0.3 is 10.1 Å². The Morgan fingerprint density at radius 1 is 1.19 bits per heavy atom. The normalized spacial score (nSPS) is 10.4. The fraction of sp³-hybridized carbons (Fsp3) is 0.500. The van der Waals surface area contributed by atoms with Gasteiger partial charge in [-0.15, -0.1) is 0 Å².